The zero-order valence-electron chi connectivity index (χ0n) is 6.69. The Labute approximate surface area is 70.0 Å². The molecule has 4 heteroatoms. The summed E-state index contributed by atoms with van der Waals surface area (Å²) in [6.07, 6.45) is 3.19. The molecule has 64 valence electrons. The predicted octanol–water partition coefficient (Wildman–Crippen LogP) is 1.73. The molecule has 12 heavy (non-hydrogen) atoms. The third-order valence-corrected chi connectivity index (χ3v) is 2.30. The third kappa shape index (κ3) is 0.995. The van der Waals surface area contributed by atoms with Gasteiger partial charge in [-0.25, -0.2) is 4.57 Å². The lowest BCUT2D eigenvalue weighted by atomic mass is 10.1. The second-order valence-corrected chi connectivity index (χ2v) is 3.05. The first-order valence-electron chi connectivity index (χ1n) is 4.12. The van der Waals surface area contributed by atoms with Crippen LogP contribution in [0.5, 0.6) is 0 Å². The molecule has 1 aliphatic heterocycles. The van der Waals surface area contributed by atoms with Gasteiger partial charge in [-0.3, -0.25) is 0 Å². The third-order valence-electron chi connectivity index (χ3n) is 2.30. The highest BCUT2D eigenvalue weighted by Gasteiger charge is 2.20. The summed E-state index contributed by atoms with van der Waals surface area (Å²) in [5.41, 5.74) is 1.10. The van der Waals surface area contributed by atoms with E-state index in [1.165, 1.54) is 0 Å². The fourth-order valence-electron chi connectivity index (χ4n) is 1.71. The van der Waals surface area contributed by atoms with Crippen molar-refractivity contribution < 1.29 is 4.92 Å². The summed E-state index contributed by atoms with van der Waals surface area (Å²) in [6, 6.07) is 3.46. The standard InChI is InChI=1S/C8H10N2O2/c11-10(12)8-5-4-7-3-1-2-6-9(7)8/h4-5H,1-3,6H2. The normalized spacial score (nSPS) is 15.7. The van der Waals surface area contributed by atoms with Crippen LogP contribution in [0.15, 0.2) is 12.1 Å². The van der Waals surface area contributed by atoms with Gasteiger partial charge in [0.2, 0.25) is 0 Å². The van der Waals surface area contributed by atoms with Crippen LogP contribution in [0.3, 0.4) is 0 Å². The number of nitro groups is 1. The minimum atomic E-state index is -0.311. The van der Waals surface area contributed by atoms with Crippen molar-refractivity contribution in [2.45, 2.75) is 25.8 Å². The number of fused-ring (bicyclic) bond motifs is 1. The van der Waals surface area contributed by atoms with E-state index in [9.17, 15) is 10.1 Å². The van der Waals surface area contributed by atoms with Crippen LogP contribution in [0, 0.1) is 10.1 Å². The molecule has 0 bridgehead atoms. The van der Waals surface area contributed by atoms with Gasteiger partial charge in [0.1, 0.15) is 5.69 Å². The summed E-state index contributed by atoms with van der Waals surface area (Å²) in [6.45, 7) is 0.804. The number of hydrogen-bond acceptors (Lipinski definition) is 2. The van der Waals surface area contributed by atoms with E-state index in [2.05, 4.69) is 0 Å². The quantitative estimate of drug-likeness (QED) is 0.471. The number of rotatable bonds is 1. The van der Waals surface area contributed by atoms with Gasteiger partial charge in [0.05, 0.1) is 6.54 Å². The molecule has 1 aromatic heterocycles. The van der Waals surface area contributed by atoms with Crippen LogP contribution < -0.4 is 0 Å². The number of hydrogen-bond donors (Lipinski definition) is 0. The molecule has 4 nitrogen and oxygen atoms in total. The molecule has 0 saturated carbocycles. The van der Waals surface area contributed by atoms with Gasteiger partial charge in [-0.2, -0.15) is 0 Å². The minimum Gasteiger partial charge on any atom is -0.358 e. The first-order valence-corrected chi connectivity index (χ1v) is 4.12. The minimum absolute atomic E-state index is 0.240. The van der Waals surface area contributed by atoms with Gasteiger partial charge < -0.3 is 10.1 Å². The molecule has 0 amide bonds. The molecule has 1 aliphatic rings. The molecular formula is C8H10N2O2. The largest absolute Gasteiger partial charge is 0.358 e. The van der Waals surface area contributed by atoms with Crippen LogP contribution in [-0.2, 0) is 13.0 Å². The van der Waals surface area contributed by atoms with Crippen molar-refractivity contribution in [3.05, 3.63) is 27.9 Å². The SMILES string of the molecule is O=[N+]([O-])c1ccc2n1CCCC2. The summed E-state index contributed by atoms with van der Waals surface area (Å²) in [7, 11) is 0. The monoisotopic (exact) mass is 166 g/mol. The van der Waals surface area contributed by atoms with Gasteiger partial charge in [-0.05, 0) is 23.8 Å². The highest BCUT2D eigenvalue weighted by Crippen LogP contribution is 2.23. The molecular weight excluding hydrogens is 156 g/mol. The second-order valence-electron chi connectivity index (χ2n) is 3.05. The summed E-state index contributed by atoms with van der Waals surface area (Å²) < 4.78 is 1.81. The van der Waals surface area contributed by atoms with Crippen molar-refractivity contribution in [1.29, 1.82) is 0 Å². The second kappa shape index (κ2) is 2.62. The predicted molar refractivity (Wildman–Crippen MR) is 44.0 cm³/mol. The Bertz CT molecular complexity index is 317. The maximum atomic E-state index is 10.5. The Morgan fingerprint density at radius 1 is 1.42 bits per heavy atom. The molecule has 1 aromatic rings. The Hall–Kier alpha value is -1.32. The Balaban J connectivity index is 2.44. The summed E-state index contributed by atoms with van der Waals surface area (Å²) in [5, 5.41) is 10.5. The van der Waals surface area contributed by atoms with Crippen LogP contribution in [0.1, 0.15) is 18.5 Å². The smallest absolute Gasteiger partial charge is 0.323 e. The van der Waals surface area contributed by atoms with E-state index in [0.29, 0.717) is 0 Å². The van der Waals surface area contributed by atoms with Crippen molar-refractivity contribution in [3.8, 4) is 0 Å². The summed E-state index contributed by atoms with van der Waals surface area (Å²) in [5.74, 6) is 0.240. The van der Waals surface area contributed by atoms with Crippen molar-refractivity contribution in [3.63, 3.8) is 0 Å². The fraction of sp³-hybridized carbons (Fsp3) is 0.500. The summed E-state index contributed by atoms with van der Waals surface area (Å²) >= 11 is 0. The molecule has 0 saturated heterocycles. The fourth-order valence-corrected chi connectivity index (χ4v) is 1.71. The number of aromatic nitrogens is 1. The van der Waals surface area contributed by atoms with Gasteiger partial charge in [-0.15, -0.1) is 0 Å². The molecule has 0 radical (unpaired) electrons. The van der Waals surface area contributed by atoms with Gasteiger partial charge in [0.25, 0.3) is 0 Å². The van der Waals surface area contributed by atoms with Crippen LogP contribution in [0.4, 0.5) is 5.82 Å². The molecule has 0 aliphatic carbocycles. The van der Waals surface area contributed by atoms with E-state index in [1.54, 1.807) is 6.07 Å². The Kier molecular flexibility index (Phi) is 1.60. The van der Waals surface area contributed by atoms with Crippen molar-refractivity contribution in [1.82, 2.24) is 4.57 Å². The van der Waals surface area contributed by atoms with Gasteiger partial charge in [0.15, 0.2) is 0 Å². The zero-order valence-corrected chi connectivity index (χ0v) is 6.69. The van der Waals surface area contributed by atoms with Crippen molar-refractivity contribution >= 4 is 5.82 Å². The molecule has 0 unspecified atom stereocenters. The zero-order chi connectivity index (χ0) is 8.55. The molecule has 0 N–H and O–H groups in total. The van der Waals surface area contributed by atoms with E-state index in [1.807, 2.05) is 10.6 Å². The summed E-state index contributed by atoms with van der Waals surface area (Å²) in [4.78, 5) is 10.2. The molecule has 0 fully saturated rings. The first kappa shape index (κ1) is 7.34. The van der Waals surface area contributed by atoms with Gasteiger partial charge in [0, 0.05) is 12.5 Å². The number of aryl methyl sites for hydroxylation is 1. The molecule has 0 spiro atoms. The van der Waals surface area contributed by atoms with Crippen molar-refractivity contribution in [2.24, 2.45) is 0 Å². The lowest BCUT2D eigenvalue weighted by Gasteiger charge is -2.10. The lowest BCUT2D eigenvalue weighted by Crippen LogP contribution is -2.11. The van der Waals surface area contributed by atoms with E-state index in [0.717, 1.165) is 31.5 Å². The first-order chi connectivity index (χ1) is 5.79. The highest BCUT2D eigenvalue weighted by atomic mass is 16.6. The topological polar surface area (TPSA) is 48.1 Å². The maximum Gasteiger partial charge on any atom is 0.323 e. The van der Waals surface area contributed by atoms with Crippen molar-refractivity contribution in [2.75, 3.05) is 0 Å². The van der Waals surface area contributed by atoms with Gasteiger partial charge in [-0.1, -0.05) is 0 Å². The van der Waals surface area contributed by atoms with E-state index in [-0.39, 0.29) is 10.7 Å². The lowest BCUT2D eigenvalue weighted by molar-refractivity contribution is -0.392. The van der Waals surface area contributed by atoms with Crippen LogP contribution in [0.25, 0.3) is 0 Å². The van der Waals surface area contributed by atoms with E-state index >= 15 is 0 Å². The average molecular weight is 166 g/mol. The average Bonchev–Trinajstić information content (AvgIpc) is 2.47. The molecule has 0 aromatic carbocycles. The van der Waals surface area contributed by atoms with Gasteiger partial charge >= 0.3 is 5.82 Å². The van der Waals surface area contributed by atoms with E-state index in [4.69, 9.17) is 0 Å². The molecule has 2 heterocycles. The highest BCUT2D eigenvalue weighted by molar-refractivity contribution is 5.28. The molecule has 2 rings (SSSR count). The Morgan fingerprint density at radius 2 is 2.25 bits per heavy atom. The van der Waals surface area contributed by atoms with Crippen LogP contribution in [-0.4, -0.2) is 9.49 Å². The van der Waals surface area contributed by atoms with Crippen LogP contribution >= 0.6 is 0 Å². The molecule has 0 atom stereocenters. The van der Waals surface area contributed by atoms with Crippen LogP contribution in [0.2, 0.25) is 0 Å². The number of nitrogens with zero attached hydrogens (tertiary/aromatic N) is 2. The van der Waals surface area contributed by atoms with E-state index < -0.39 is 0 Å². The maximum absolute atomic E-state index is 10.5. The Morgan fingerprint density at radius 3 is 3.00 bits per heavy atom.